The van der Waals surface area contributed by atoms with Gasteiger partial charge in [-0.25, -0.2) is 4.98 Å². The number of hydrogen-bond acceptors (Lipinski definition) is 4. The predicted octanol–water partition coefficient (Wildman–Crippen LogP) is 3.38. The van der Waals surface area contributed by atoms with Crippen molar-refractivity contribution < 1.29 is 0 Å². The lowest BCUT2D eigenvalue weighted by molar-refractivity contribution is 0.810. The molecule has 0 bridgehead atoms. The monoisotopic (exact) mass is 251 g/mol. The number of halogens is 1. The van der Waals surface area contributed by atoms with E-state index in [1.54, 1.807) is 17.5 Å². The summed E-state index contributed by atoms with van der Waals surface area (Å²) in [4.78, 5) is 5.59. The summed E-state index contributed by atoms with van der Waals surface area (Å²) in [5, 5.41) is 9.48. The molecule has 1 aliphatic rings. The van der Waals surface area contributed by atoms with Crippen molar-refractivity contribution in [1.82, 2.24) is 4.98 Å². The topological polar surface area (TPSA) is 37.0 Å². The van der Waals surface area contributed by atoms with Crippen molar-refractivity contribution in [2.75, 3.05) is 17.2 Å². The van der Waals surface area contributed by atoms with Crippen LogP contribution in [-0.4, -0.2) is 11.5 Å². The van der Waals surface area contributed by atoms with Crippen LogP contribution in [0, 0.1) is 0 Å². The summed E-state index contributed by atoms with van der Waals surface area (Å²) in [7, 11) is 0. The minimum Gasteiger partial charge on any atom is -0.380 e. The molecule has 0 aliphatic carbocycles. The summed E-state index contributed by atoms with van der Waals surface area (Å²) in [6.07, 6.45) is 1.66. The lowest BCUT2D eigenvalue weighted by Crippen LogP contribution is -2.25. The zero-order chi connectivity index (χ0) is 11.0. The second kappa shape index (κ2) is 3.96. The van der Waals surface area contributed by atoms with Crippen LogP contribution >= 0.6 is 22.9 Å². The smallest absolute Gasteiger partial charge is 0.150 e. The van der Waals surface area contributed by atoms with Crippen LogP contribution in [-0.2, 0) is 0 Å². The maximum absolute atomic E-state index is 5.88. The fourth-order valence-corrected chi connectivity index (χ4v) is 2.71. The normalized spacial score (nSPS) is 18.4. The molecule has 0 fully saturated rings. The van der Waals surface area contributed by atoms with Gasteiger partial charge in [-0.05, 0) is 17.5 Å². The third kappa shape index (κ3) is 1.74. The molecule has 3 heterocycles. The van der Waals surface area contributed by atoms with Crippen LogP contribution in [0.25, 0.3) is 0 Å². The van der Waals surface area contributed by atoms with Crippen molar-refractivity contribution in [3.05, 3.63) is 39.7 Å². The Labute approximate surface area is 102 Å². The highest BCUT2D eigenvalue weighted by Gasteiger charge is 2.20. The number of pyridine rings is 1. The third-order valence-corrected chi connectivity index (χ3v) is 3.74. The number of nitrogens with zero attached hydrogens (tertiary/aromatic N) is 1. The molecule has 0 saturated carbocycles. The number of hydrogen-bond donors (Lipinski definition) is 2. The highest BCUT2D eigenvalue weighted by molar-refractivity contribution is 7.10. The molecule has 0 spiro atoms. The van der Waals surface area contributed by atoms with E-state index in [-0.39, 0.29) is 0 Å². The number of nitrogens with one attached hydrogen (secondary N) is 2. The molecule has 2 aromatic heterocycles. The lowest BCUT2D eigenvalue weighted by atomic mass is 10.2. The summed E-state index contributed by atoms with van der Waals surface area (Å²) in [6.45, 7) is 0.857. The molecular weight excluding hydrogens is 242 g/mol. The number of fused-ring (bicyclic) bond motifs is 1. The Morgan fingerprint density at radius 2 is 2.44 bits per heavy atom. The van der Waals surface area contributed by atoms with Gasteiger partial charge < -0.3 is 10.6 Å². The van der Waals surface area contributed by atoms with Gasteiger partial charge in [0.1, 0.15) is 5.82 Å². The SMILES string of the molecule is Clc1cnc2c(c1)NCC(c1cccs1)N2. The van der Waals surface area contributed by atoms with Gasteiger partial charge in [-0.15, -0.1) is 11.3 Å². The van der Waals surface area contributed by atoms with Gasteiger partial charge >= 0.3 is 0 Å². The van der Waals surface area contributed by atoms with Crippen molar-refractivity contribution in [3.8, 4) is 0 Å². The molecule has 16 heavy (non-hydrogen) atoms. The van der Waals surface area contributed by atoms with E-state index >= 15 is 0 Å². The van der Waals surface area contributed by atoms with Gasteiger partial charge in [0.15, 0.2) is 0 Å². The highest BCUT2D eigenvalue weighted by atomic mass is 35.5. The van der Waals surface area contributed by atoms with Gasteiger partial charge in [-0.3, -0.25) is 0 Å². The molecule has 1 unspecified atom stereocenters. The summed E-state index contributed by atoms with van der Waals surface area (Å²) < 4.78 is 0. The Bertz CT molecular complexity index is 498. The Balaban J connectivity index is 1.89. The van der Waals surface area contributed by atoms with E-state index in [1.807, 2.05) is 6.07 Å². The van der Waals surface area contributed by atoms with Crippen molar-refractivity contribution in [1.29, 1.82) is 0 Å². The summed E-state index contributed by atoms with van der Waals surface area (Å²) in [5.74, 6) is 0.869. The fourth-order valence-electron chi connectivity index (χ4n) is 1.78. The van der Waals surface area contributed by atoms with Crippen molar-refractivity contribution >= 4 is 34.4 Å². The van der Waals surface area contributed by atoms with Crippen LogP contribution < -0.4 is 10.6 Å². The Morgan fingerprint density at radius 3 is 3.25 bits per heavy atom. The van der Waals surface area contributed by atoms with Gasteiger partial charge in [0.2, 0.25) is 0 Å². The molecule has 3 rings (SSSR count). The Kier molecular flexibility index (Phi) is 2.46. The van der Waals surface area contributed by atoms with Crippen LogP contribution in [0.3, 0.4) is 0 Å². The molecular formula is C11H10ClN3S. The van der Waals surface area contributed by atoms with E-state index in [1.165, 1.54) is 4.88 Å². The summed E-state index contributed by atoms with van der Waals surface area (Å²) in [6, 6.07) is 6.38. The zero-order valence-corrected chi connectivity index (χ0v) is 9.98. The van der Waals surface area contributed by atoms with Crippen LogP contribution in [0.15, 0.2) is 29.8 Å². The number of thiophene rings is 1. The maximum atomic E-state index is 5.88. The largest absolute Gasteiger partial charge is 0.380 e. The van der Waals surface area contributed by atoms with Crippen LogP contribution in [0.5, 0.6) is 0 Å². The van der Waals surface area contributed by atoms with Crippen LogP contribution in [0.2, 0.25) is 5.02 Å². The molecule has 2 N–H and O–H groups in total. The molecule has 0 amide bonds. The molecule has 0 aromatic carbocycles. The minimum atomic E-state index is 0.293. The zero-order valence-electron chi connectivity index (χ0n) is 8.40. The Hall–Kier alpha value is -1.26. The number of rotatable bonds is 1. The van der Waals surface area contributed by atoms with Crippen LogP contribution in [0.4, 0.5) is 11.5 Å². The molecule has 2 aromatic rings. The van der Waals surface area contributed by atoms with Gasteiger partial charge in [0, 0.05) is 17.6 Å². The Morgan fingerprint density at radius 1 is 1.50 bits per heavy atom. The lowest BCUT2D eigenvalue weighted by Gasteiger charge is -2.26. The van der Waals surface area contributed by atoms with E-state index in [0.717, 1.165) is 18.1 Å². The van der Waals surface area contributed by atoms with Gasteiger partial charge in [0.05, 0.1) is 16.8 Å². The second-order valence-corrected chi connectivity index (χ2v) is 5.06. The quantitative estimate of drug-likeness (QED) is 0.816. The van der Waals surface area contributed by atoms with E-state index in [2.05, 4.69) is 33.1 Å². The van der Waals surface area contributed by atoms with E-state index in [9.17, 15) is 0 Å². The van der Waals surface area contributed by atoms with E-state index < -0.39 is 0 Å². The van der Waals surface area contributed by atoms with Crippen LogP contribution in [0.1, 0.15) is 10.9 Å². The van der Waals surface area contributed by atoms with E-state index in [0.29, 0.717) is 11.1 Å². The van der Waals surface area contributed by atoms with Crippen molar-refractivity contribution in [3.63, 3.8) is 0 Å². The standard InChI is InChI=1S/C11H10ClN3S/c12-7-4-8-11(14-5-7)15-9(6-13-8)10-2-1-3-16-10/h1-5,9,13H,6H2,(H,14,15). The first-order valence-electron chi connectivity index (χ1n) is 5.02. The third-order valence-electron chi connectivity index (χ3n) is 2.55. The summed E-state index contributed by atoms with van der Waals surface area (Å²) in [5.41, 5.74) is 0.973. The molecule has 1 aliphatic heterocycles. The van der Waals surface area contributed by atoms with Gasteiger partial charge in [-0.2, -0.15) is 0 Å². The van der Waals surface area contributed by atoms with Gasteiger partial charge in [-0.1, -0.05) is 17.7 Å². The van der Waals surface area contributed by atoms with Crippen molar-refractivity contribution in [2.45, 2.75) is 6.04 Å². The molecule has 0 saturated heterocycles. The second-order valence-electron chi connectivity index (χ2n) is 3.64. The van der Waals surface area contributed by atoms with Gasteiger partial charge in [0.25, 0.3) is 0 Å². The number of anilines is 2. The van der Waals surface area contributed by atoms with E-state index in [4.69, 9.17) is 11.6 Å². The molecule has 82 valence electrons. The first-order chi connectivity index (χ1) is 7.83. The first-order valence-corrected chi connectivity index (χ1v) is 6.28. The number of aromatic nitrogens is 1. The molecule has 5 heteroatoms. The van der Waals surface area contributed by atoms with Crippen molar-refractivity contribution in [2.24, 2.45) is 0 Å². The predicted molar refractivity (Wildman–Crippen MR) is 68.4 cm³/mol. The average molecular weight is 252 g/mol. The first kappa shape index (κ1) is 9.93. The molecule has 1 atom stereocenters. The fraction of sp³-hybridized carbons (Fsp3) is 0.182. The molecule has 0 radical (unpaired) electrons. The maximum Gasteiger partial charge on any atom is 0.150 e. The summed E-state index contributed by atoms with van der Waals surface area (Å²) >= 11 is 7.64. The molecule has 3 nitrogen and oxygen atoms in total. The highest BCUT2D eigenvalue weighted by Crippen LogP contribution is 2.32. The minimum absolute atomic E-state index is 0.293. The average Bonchev–Trinajstić information content (AvgIpc) is 2.82.